The van der Waals surface area contributed by atoms with Gasteiger partial charge in [-0.3, -0.25) is 9.59 Å². The predicted octanol–water partition coefficient (Wildman–Crippen LogP) is 1.13. The monoisotopic (exact) mass is 349 g/mol. The number of carboxylic acid groups (broad SMARTS) is 1. The van der Waals surface area contributed by atoms with Crippen LogP contribution in [0, 0.1) is 18.7 Å². The topological polar surface area (TPSA) is 110 Å². The molecule has 3 unspecified atom stereocenters. The largest absolute Gasteiger partial charge is 0.481 e. The average molecular weight is 349 g/mol. The van der Waals surface area contributed by atoms with Crippen LogP contribution in [0.2, 0.25) is 0 Å². The van der Waals surface area contributed by atoms with Crippen molar-refractivity contribution in [2.45, 2.75) is 39.3 Å². The first kappa shape index (κ1) is 18.5. The summed E-state index contributed by atoms with van der Waals surface area (Å²) < 4.78 is 14.8. The Labute approximate surface area is 144 Å². The molecule has 8 nitrogen and oxygen atoms in total. The number of tetrazole rings is 1. The zero-order valence-corrected chi connectivity index (χ0v) is 14.2. The van der Waals surface area contributed by atoms with E-state index in [-0.39, 0.29) is 6.42 Å². The molecule has 2 N–H and O–H groups in total. The molecular formula is C16H20FN5O3. The van der Waals surface area contributed by atoms with Gasteiger partial charge in [-0.1, -0.05) is 12.1 Å². The van der Waals surface area contributed by atoms with Crippen molar-refractivity contribution >= 4 is 11.9 Å². The Morgan fingerprint density at radius 1 is 1.36 bits per heavy atom. The van der Waals surface area contributed by atoms with Gasteiger partial charge in [0.05, 0.1) is 5.92 Å². The third-order valence-electron chi connectivity index (χ3n) is 4.08. The van der Waals surface area contributed by atoms with Gasteiger partial charge in [-0.25, -0.2) is 9.07 Å². The van der Waals surface area contributed by atoms with Crippen LogP contribution in [-0.2, 0) is 16.0 Å². The number of carbonyl (C=O) groups is 2. The van der Waals surface area contributed by atoms with Crippen LogP contribution in [0.5, 0.6) is 0 Å². The number of benzene rings is 1. The molecule has 3 atom stereocenters. The van der Waals surface area contributed by atoms with E-state index < -0.39 is 35.7 Å². The van der Waals surface area contributed by atoms with E-state index >= 15 is 0 Å². The number of nitrogens with one attached hydrogen (secondary N) is 1. The highest BCUT2D eigenvalue weighted by Crippen LogP contribution is 2.17. The van der Waals surface area contributed by atoms with Gasteiger partial charge in [0.25, 0.3) is 0 Å². The normalized spacial score (nSPS) is 14.6. The Balaban J connectivity index is 2.24. The van der Waals surface area contributed by atoms with Gasteiger partial charge >= 0.3 is 5.97 Å². The zero-order valence-electron chi connectivity index (χ0n) is 14.2. The van der Waals surface area contributed by atoms with Crippen molar-refractivity contribution in [3.05, 3.63) is 41.5 Å². The molecule has 25 heavy (non-hydrogen) atoms. The predicted molar refractivity (Wildman–Crippen MR) is 86.1 cm³/mol. The Morgan fingerprint density at radius 3 is 2.64 bits per heavy atom. The molecule has 9 heteroatoms. The van der Waals surface area contributed by atoms with Crippen LogP contribution in [0.15, 0.2) is 24.3 Å². The highest BCUT2D eigenvalue weighted by molar-refractivity contribution is 5.81. The van der Waals surface area contributed by atoms with Crippen molar-refractivity contribution in [3.8, 4) is 0 Å². The van der Waals surface area contributed by atoms with E-state index in [4.69, 9.17) is 5.11 Å². The fourth-order valence-corrected chi connectivity index (χ4v) is 2.36. The number of halogens is 1. The molecule has 1 aromatic heterocycles. The standard InChI is InChI=1S/C16H20FN5O3/c1-9(16(24)25)10(2)18-15(23)14(22-11(3)19-20-21-22)8-12-5-4-6-13(17)7-12/h4-7,9-10,14H,8H2,1-3H3,(H,18,23)(H,24,25). The van der Waals surface area contributed by atoms with Crippen LogP contribution >= 0.6 is 0 Å². The van der Waals surface area contributed by atoms with Gasteiger partial charge in [0.1, 0.15) is 17.7 Å². The second-order valence-corrected chi connectivity index (χ2v) is 5.94. The van der Waals surface area contributed by atoms with Crippen LogP contribution in [-0.4, -0.2) is 43.2 Å². The fraction of sp³-hybridized carbons (Fsp3) is 0.438. The number of amides is 1. The Bertz CT molecular complexity index is 764. The van der Waals surface area contributed by atoms with Gasteiger partial charge < -0.3 is 10.4 Å². The van der Waals surface area contributed by atoms with E-state index in [1.807, 2.05) is 0 Å². The summed E-state index contributed by atoms with van der Waals surface area (Å²) in [7, 11) is 0. The third kappa shape index (κ3) is 4.59. The number of carbonyl (C=O) groups excluding carboxylic acids is 1. The highest BCUT2D eigenvalue weighted by atomic mass is 19.1. The molecule has 2 aromatic rings. The number of aliphatic carboxylic acids is 1. The molecule has 1 heterocycles. The van der Waals surface area contributed by atoms with Gasteiger partial charge in [-0.05, 0) is 48.9 Å². The molecule has 0 aliphatic heterocycles. The van der Waals surface area contributed by atoms with E-state index in [2.05, 4.69) is 20.8 Å². The fourth-order valence-electron chi connectivity index (χ4n) is 2.36. The van der Waals surface area contributed by atoms with E-state index in [1.165, 1.54) is 23.7 Å². The number of rotatable bonds is 7. The summed E-state index contributed by atoms with van der Waals surface area (Å²) in [5.41, 5.74) is 0.606. The molecule has 0 saturated heterocycles. The van der Waals surface area contributed by atoms with Crippen molar-refractivity contribution < 1.29 is 19.1 Å². The van der Waals surface area contributed by atoms with Crippen LogP contribution in [0.25, 0.3) is 0 Å². The first-order valence-electron chi connectivity index (χ1n) is 7.81. The zero-order chi connectivity index (χ0) is 18.6. The van der Waals surface area contributed by atoms with E-state index in [0.29, 0.717) is 11.4 Å². The molecule has 0 spiro atoms. The van der Waals surface area contributed by atoms with E-state index in [0.717, 1.165) is 0 Å². The van der Waals surface area contributed by atoms with E-state index in [9.17, 15) is 14.0 Å². The number of carboxylic acids is 1. The lowest BCUT2D eigenvalue weighted by atomic mass is 10.0. The van der Waals surface area contributed by atoms with Crippen molar-refractivity contribution in [1.29, 1.82) is 0 Å². The maximum absolute atomic E-state index is 13.4. The molecule has 2 rings (SSSR count). The number of hydrogen-bond acceptors (Lipinski definition) is 5. The van der Waals surface area contributed by atoms with Gasteiger partial charge in [-0.15, -0.1) is 5.10 Å². The molecule has 0 radical (unpaired) electrons. The highest BCUT2D eigenvalue weighted by Gasteiger charge is 2.28. The Kier molecular flexibility index (Phi) is 5.79. The van der Waals surface area contributed by atoms with Crippen LogP contribution in [0.3, 0.4) is 0 Å². The third-order valence-corrected chi connectivity index (χ3v) is 4.08. The SMILES string of the molecule is Cc1nnnn1C(Cc1cccc(F)c1)C(=O)NC(C)C(C)C(=O)O. The van der Waals surface area contributed by atoms with Gasteiger partial charge in [0.2, 0.25) is 5.91 Å². The molecule has 0 fully saturated rings. The lowest BCUT2D eigenvalue weighted by Gasteiger charge is -2.22. The molecule has 0 aliphatic rings. The number of hydrogen-bond donors (Lipinski definition) is 2. The minimum Gasteiger partial charge on any atom is -0.481 e. The summed E-state index contributed by atoms with van der Waals surface area (Å²) in [6, 6.07) is 4.51. The maximum atomic E-state index is 13.4. The summed E-state index contributed by atoms with van der Waals surface area (Å²) >= 11 is 0. The molecule has 1 aromatic carbocycles. The molecule has 0 saturated carbocycles. The van der Waals surface area contributed by atoms with Crippen molar-refractivity contribution in [1.82, 2.24) is 25.5 Å². The Hall–Kier alpha value is -2.84. The number of aryl methyl sites for hydroxylation is 1. The molecular weight excluding hydrogens is 329 g/mol. The summed E-state index contributed by atoms with van der Waals surface area (Å²) in [5.74, 6) is -2.17. The summed E-state index contributed by atoms with van der Waals surface area (Å²) in [5, 5.41) is 22.9. The average Bonchev–Trinajstić information content (AvgIpc) is 2.97. The minimum absolute atomic E-state index is 0.170. The lowest BCUT2D eigenvalue weighted by molar-refractivity contribution is -0.142. The van der Waals surface area contributed by atoms with Crippen LogP contribution < -0.4 is 5.32 Å². The number of nitrogens with zero attached hydrogens (tertiary/aromatic N) is 4. The minimum atomic E-state index is -1.01. The van der Waals surface area contributed by atoms with Gasteiger partial charge in [0, 0.05) is 12.5 Å². The molecule has 134 valence electrons. The molecule has 0 bridgehead atoms. The van der Waals surface area contributed by atoms with E-state index in [1.54, 1.807) is 26.0 Å². The second kappa shape index (κ2) is 7.82. The molecule has 0 aliphatic carbocycles. The Morgan fingerprint density at radius 2 is 2.08 bits per heavy atom. The molecule has 1 amide bonds. The summed E-state index contributed by atoms with van der Waals surface area (Å²) in [6.07, 6.45) is 0.170. The second-order valence-electron chi connectivity index (χ2n) is 5.94. The quantitative estimate of drug-likeness (QED) is 0.775. The summed E-state index contributed by atoms with van der Waals surface area (Å²) in [4.78, 5) is 23.8. The summed E-state index contributed by atoms with van der Waals surface area (Å²) in [6.45, 7) is 4.77. The van der Waals surface area contributed by atoms with Crippen LogP contribution in [0.1, 0.15) is 31.3 Å². The lowest BCUT2D eigenvalue weighted by Crippen LogP contribution is -2.44. The van der Waals surface area contributed by atoms with Crippen LogP contribution in [0.4, 0.5) is 4.39 Å². The first-order valence-corrected chi connectivity index (χ1v) is 7.81. The van der Waals surface area contributed by atoms with Gasteiger partial charge in [-0.2, -0.15) is 0 Å². The number of aromatic nitrogens is 4. The maximum Gasteiger partial charge on any atom is 0.308 e. The van der Waals surface area contributed by atoms with Crippen molar-refractivity contribution in [2.75, 3.05) is 0 Å². The van der Waals surface area contributed by atoms with Crippen molar-refractivity contribution in [2.24, 2.45) is 5.92 Å². The first-order chi connectivity index (χ1) is 11.8. The smallest absolute Gasteiger partial charge is 0.308 e. The van der Waals surface area contributed by atoms with Gasteiger partial charge in [0.15, 0.2) is 0 Å². The van der Waals surface area contributed by atoms with Crippen molar-refractivity contribution in [3.63, 3.8) is 0 Å².